The first-order valence-electron chi connectivity index (χ1n) is 10.1. The Labute approximate surface area is 172 Å². The van der Waals surface area contributed by atoms with Crippen molar-refractivity contribution in [3.63, 3.8) is 0 Å². The smallest absolute Gasteiger partial charge is 0.322 e. The Hall–Kier alpha value is 0.120. The van der Waals surface area contributed by atoms with Gasteiger partial charge in [0.15, 0.2) is 0 Å². The van der Waals surface area contributed by atoms with E-state index < -0.39 is 3.42 Å². The standard InChI is InChI=1S/C21H35IO4/c1-6-19(5,22)17(23)26-21-10-15-7-16(11-21)9-20(8-15,12-21)25-14-24-13-18(2,3)4/h15-16H,6-14H2,1-5H3. The third-order valence-electron chi connectivity index (χ3n) is 6.34. The minimum absolute atomic E-state index is 0.0540. The fourth-order valence-corrected chi connectivity index (χ4v) is 5.46. The Morgan fingerprint density at radius 1 is 1.08 bits per heavy atom. The van der Waals surface area contributed by atoms with Crippen LogP contribution in [0.4, 0.5) is 0 Å². The van der Waals surface area contributed by atoms with Gasteiger partial charge in [0, 0.05) is 6.42 Å². The molecule has 4 aliphatic rings. The van der Waals surface area contributed by atoms with E-state index in [9.17, 15) is 4.79 Å². The number of carbonyl (C=O) groups is 1. The zero-order valence-corrected chi connectivity index (χ0v) is 19.2. The molecule has 3 unspecified atom stereocenters. The van der Waals surface area contributed by atoms with Gasteiger partial charge >= 0.3 is 5.97 Å². The van der Waals surface area contributed by atoms with Crippen molar-refractivity contribution in [1.29, 1.82) is 0 Å². The molecule has 0 spiro atoms. The highest BCUT2D eigenvalue weighted by atomic mass is 127. The van der Waals surface area contributed by atoms with Crippen molar-refractivity contribution in [3.05, 3.63) is 0 Å². The van der Waals surface area contributed by atoms with Gasteiger partial charge in [-0.1, -0.05) is 50.3 Å². The molecule has 4 bridgehead atoms. The van der Waals surface area contributed by atoms with E-state index in [-0.39, 0.29) is 22.6 Å². The van der Waals surface area contributed by atoms with E-state index in [1.807, 2.05) is 13.8 Å². The number of ether oxygens (including phenoxy) is 3. The van der Waals surface area contributed by atoms with Gasteiger partial charge in [-0.15, -0.1) is 0 Å². The highest BCUT2D eigenvalue weighted by Gasteiger charge is 2.61. The molecule has 4 saturated carbocycles. The van der Waals surface area contributed by atoms with E-state index in [2.05, 4.69) is 43.4 Å². The van der Waals surface area contributed by atoms with Gasteiger partial charge < -0.3 is 14.2 Å². The zero-order chi connectivity index (χ0) is 19.2. The second-order valence-electron chi connectivity index (χ2n) is 10.4. The maximum Gasteiger partial charge on any atom is 0.322 e. The van der Waals surface area contributed by atoms with Crippen molar-refractivity contribution >= 4 is 28.6 Å². The van der Waals surface area contributed by atoms with Gasteiger partial charge in [0.2, 0.25) is 0 Å². The summed E-state index contributed by atoms with van der Waals surface area (Å²) in [7, 11) is 0. The van der Waals surface area contributed by atoms with Crippen molar-refractivity contribution in [3.8, 4) is 0 Å². The molecule has 5 heteroatoms. The molecule has 4 rings (SSSR count). The Morgan fingerprint density at radius 2 is 1.65 bits per heavy atom. The van der Waals surface area contributed by atoms with Crippen molar-refractivity contribution < 1.29 is 19.0 Å². The number of rotatable bonds is 7. The number of halogens is 1. The predicted octanol–water partition coefficient (Wildman–Crippen LogP) is 5.26. The van der Waals surface area contributed by atoms with Gasteiger partial charge in [0.1, 0.15) is 15.8 Å². The average molecular weight is 478 g/mol. The van der Waals surface area contributed by atoms with Crippen LogP contribution in [0, 0.1) is 17.3 Å². The second-order valence-corrected chi connectivity index (χ2v) is 12.8. The normalized spacial score (nSPS) is 38.2. The Balaban J connectivity index is 1.66. The number of hydrogen-bond donors (Lipinski definition) is 0. The van der Waals surface area contributed by atoms with E-state index in [0.717, 1.165) is 38.5 Å². The molecule has 0 aliphatic heterocycles. The van der Waals surface area contributed by atoms with Gasteiger partial charge in [-0.2, -0.15) is 0 Å². The van der Waals surface area contributed by atoms with E-state index >= 15 is 0 Å². The highest BCUT2D eigenvalue weighted by molar-refractivity contribution is 14.1. The summed E-state index contributed by atoms with van der Waals surface area (Å²) in [6.07, 6.45) is 7.11. The molecule has 4 nitrogen and oxygen atoms in total. The maximum absolute atomic E-state index is 12.8. The lowest BCUT2D eigenvalue weighted by Gasteiger charge is -2.60. The quantitative estimate of drug-likeness (QED) is 0.165. The van der Waals surface area contributed by atoms with Gasteiger partial charge in [-0.25, -0.2) is 0 Å². The van der Waals surface area contributed by atoms with Crippen molar-refractivity contribution in [1.82, 2.24) is 0 Å². The predicted molar refractivity (Wildman–Crippen MR) is 110 cm³/mol. The van der Waals surface area contributed by atoms with Crippen LogP contribution in [-0.4, -0.2) is 34.0 Å². The monoisotopic (exact) mass is 478 g/mol. The minimum Gasteiger partial charge on any atom is -0.458 e. The second kappa shape index (κ2) is 7.18. The van der Waals surface area contributed by atoms with Gasteiger partial charge in [-0.05, 0) is 62.7 Å². The zero-order valence-electron chi connectivity index (χ0n) is 17.0. The average Bonchev–Trinajstić information content (AvgIpc) is 2.49. The van der Waals surface area contributed by atoms with Crippen molar-refractivity contribution in [2.24, 2.45) is 17.3 Å². The molecule has 0 amide bonds. The fraction of sp³-hybridized carbons (Fsp3) is 0.952. The number of hydrogen-bond acceptors (Lipinski definition) is 4. The van der Waals surface area contributed by atoms with Crippen LogP contribution >= 0.6 is 22.6 Å². The summed E-state index contributed by atoms with van der Waals surface area (Å²) in [5.74, 6) is 1.18. The summed E-state index contributed by atoms with van der Waals surface area (Å²) in [5, 5.41) is 0. The highest BCUT2D eigenvalue weighted by Crippen LogP contribution is 2.60. The number of esters is 1. The number of carbonyl (C=O) groups excluding carboxylic acids is 1. The first-order valence-corrected chi connectivity index (χ1v) is 11.2. The van der Waals surface area contributed by atoms with Crippen LogP contribution in [-0.2, 0) is 19.0 Å². The van der Waals surface area contributed by atoms with Crippen LogP contribution in [0.5, 0.6) is 0 Å². The lowest BCUT2D eigenvalue weighted by atomic mass is 9.52. The Bertz CT molecular complexity index is 523. The summed E-state index contributed by atoms with van der Waals surface area (Å²) in [6.45, 7) is 11.6. The van der Waals surface area contributed by atoms with Crippen LogP contribution in [0.15, 0.2) is 0 Å². The summed E-state index contributed by atoms with van der Waals surface area (Å²) < 4.78 is 17.9. The molecule has 0 radical (unpaired) electrons. The summed E-state index contributed by atoms with van der Waals surface area (Å²) in [4.78, 5) is 12.8. The van der Waals surface area contributed by atoms with E-state index in [4.69, 9.17) is 14.2 Å². The molecule has 26 heavy (non-hydrogen) atoms. The Morgan fingerprint density at radius 3 is 2.19 bits per heavy atom. The van der Waals surface area contributed by atoms with E-state index in [1.54, 1.807) is 0 Å². The molecular formula is C21H35IO4. The SMILES string of the molecule is CCC(C)(I)C(=O)OC12CC3CC(CC(OCOCC(C)(C)C)(C3)C1)C2. The molecule has 4 fully saturated rings. The maximum atomic E-state index is 12.8. The van der Waals surface area contributed by atoms with Crippen molar-refractivity contribution in [2.75, 3.05) is 13.4 Å². The largest absolute Gasteiger partial charge is 0.458 e. The van der Waals surface area contributed by atoms with Crippen LogP contribution in [0.25, 0.3) is 0 Å². The first kappa shape index (κ1) is 20.8. The molecule has 3 atom stereocenters. The molecule has 0 heterocycles. The molecule has 0 N–H and O–H groups in total. The molecule has 4 aliphatic carbocycles. The summed E-state index contributed by atoms with van der Waals surface area (Å²) >= 11 is 2.24. The van der Waals surface area contributed by atoms with Crippen LogP contribution in [0.1, 0.15) is 79.6 Å². The summed E-state index contributed by atoms with van der Waals surface area (Å²) in [5.41, 5.74) is -0.324. The molecule has 0 aromatic rings. The molecule has 0 saturated heterocycles. The van der Waals surface area contributed by atoms with Crippen LogP contribution in [0.3, 0.4) is 0 Å². The first-order chi connectivity index (χ1) is 12.0. The lowest BCUT2D eigenvalue weighted by molar-refractivity contribution is -0.256. The molecular weight excluding hydrogens is 443 g/mol. The van der Waals surface area contributed by atoms with Crippen molar-refractivity contribution in [2.45, 2.75) is 94.2 Å². The molecule has 0 aromatic carbocycles. The van der Waals surface area contributed by atoms with Crippen LogP contribution < -0.4 is 0 Å². The lowest BCUT2D eigenvalue weighted by Crippen LogP contribution is -2.62. The van der Waals surface area contributed by atoms with Crippen LogP contribution in [0.2, 0.25) is 0 Å². The van der Waals surface area contributed by atoms with Gasteiger partial charge in [0.25, 0.3) is 0 Å². The van der Waals surface area contributed by atoms with Gasteiger partial charge in [-0.3, -0.25) is 4.79 Å². The minimum atomic E-state index is -0.440. The summed E-state index contributed by atoms with van der Waals surface area (Å²) in [6, 6.07) is 0. The van der Waals surface area contributed by atoms with E-state index in [0.29, 0.717) is 25.2 Å². The third kappa shape index (κ3) is 4.57. The Kier molecular flexibility index (Phi) is 5.75. The molecule has 0 aromatic heterocycles. The topological polar surface area (TPSA) is 44.8 Å². The molecule has 150 valence electrons. The fourth-order valence-electron chi connectivity index (χ4n) is 5.35. The van der Waals surface area contributed by atoms with E-state index in [1.165, 1.54) is 6.42 Å². The number of alkyl halides is 1. The van der Waals surface area contributed by atoms with Gasteiger partial charge in [0.05, 0.1) is 12.2 Å². The third-order valence-corrected chi connectivity index (χ3v) is 7.54.